The molecular formula is C15H17ClO5. The minimum Gasteiger partial charge on any atom is -0.490 e. The van der Waals surface area contributed by atoms with Crippen LogP contribution >= 0.6 is 11.6 Å². The highest BCUT2D eigenvalue weighted by Gasteiger charge is 2.39. The third-order valence-corrected chi connectivity index (χ3v) is 4.30. The molecule has 0 amide bonds. The van der Waals surface area contributed by atoms with E-state index in [1.807, 2.05) is 13.8 Å². The standard InChI is InChI=1S/C15H17ClO5/c1-6-4-8-10(12(17)15(18)19-3)13-9(5-7(2)20-13)11(16)14(8)21-6/h6-7,12,17H,4-5H2,1-3H3. The van der Waals surface area contributed by atoms with E-state index >= 15 is 0 Å². The van der Waals surface area contributed by atoms with E-state index in [4.69, 9.17) is 21.1 Å². The van der Waals surface area contributed by atoms with Gasteiger partial charge in [0.05, 0.1) is 12.1 Å². The molecule has 0 aromatic heterocycles. The van der Waals surface area contributed by atoms with Crippen LogP contribution in [0.2, 0.25) is 5.02 Å². The second-order valence-electron chi connectivity index (χ2n) is 5.53. The van der Waals surface area contributed by atoms with Crippen molar-refractivity contribution in [1.82, 2.24) is 0 Å². The zero-order valence-corrected chi connectivity index (χ0v) is 12.9. The van der Waals surface area contributed by atoms with E-state index in [2.05, 4.69) is 4.74 Å². The first-order valence-corrected chi connectivity index (χ1v) is 7.28. The lowest BCUT2D eigenvalue weighted by atomic mass is 9.94. The van der Waals surface area contributed by atoms with Crippen molar-refractivity contribution < 1.29 is 24.1 Å². The molecule has 0 fully saturated rings. The predicted molar refractivity (Wildman–Crippen MR) is 76.0 cm³/mol. The molecular weight excluding hydrogens is 296 g/mol. The fourth-order valence-corrected chi connectivity index (χ4v) is 3.33. The smallest absolute Gasteiger partial charge is 0.339 e. The zero-order valence-electron chi connectivity index (χ0n) is 12.1. The number of esters is 1. The average Bonchev–Trinajstić information content (AvgIpc) is 3.01. The number of carbonyl (C=O) groups excluding carboxylic acids is 1. The number of rotatable bonds is 2. The maximum Gasteiger partial charge on any atom is 0.339 e. The van der Waals surface area contributed by atoms with E-state index in [-0.39, 0.29) is 12.2 Å². The number of benzene rings is 1. The van der Waals surface area contributed by atoms with Crippen LogP contribution in [0.5, 0.6) is 11.5 Å². The first-order chi connectivity index (χ1) is 9.93. The van der Waals surface area contributed by atoms with Gasteiger partial charge >= 0.3 is 5.97 Å². The molecule has 114 valence electrons. The quantitative estimate of drug-likeness (QED) is 0.848. The summed E-state index contributed by atoms with van der Waals surface area (Å²) in [6, 6.07) is 0. The van der Waals surface area contributed by atoms with Crippen molar-refractivity contribution in [1.29, 1.82) is 0 Å². The number of aliphatic hydroxyl groups excluding tert-OH is 1. The van der Waals surface area contributed by atoms with Gasteiger partial charge in [-0.2, -0.15) is 0 Å². The van der Waals surface area contributed by atoms with Crippen molar-refractivity contribution in [2.24, 2.45) is 0 Å². The van der Waals surface area contributed by atoms with Crippen molar-refractivity contribution >= 4 is 17.6 Å². The van der Waals surface area contributed by atoms with Gasteiger partial charge in [-0.05, 0) is 13.8 Å². The number of methoxy groups -OCH3 is 1. The van der Waals surface area contributed by atoms with Gasteiger partial charge in [-0.1, -0.05) is 11.6 Å². The lowest BCUT2D eigenvalue weighted by Crippen LogP contribution is -2.17. The molecule has 2 aliphatic heterocycles. The van der Waals surface area contributed by atoms with Crippen molar-refractivity contribution in [3.05, 3.63) is 21.7 Å². The first-order valence-electron chi connectivity index (χ1n) is 6.90. The molecule has 0 saturated carbocycles. The SMILES string of the molecule is COC(=O)C(O)c1c2c(c(Cl)c3c1OC(C)C3)OC(C)C2. The molecule has 3 rings (SSSR count). The summed E-state index contributed by atoms with van der Waals surface area (Å²) < 4.78 is 16.2. The van der Waals surface area contributed by atoms with Gasteiger partial charge in [-0.15, -0.1) is 0 Å². The number of ether oxygens (including phenoxy) is 3. The van der Waals surface area contributed by atoms with Gasteiger partial charge in [0, 0.05) is 29.5 Å². The lowest BCUT2D eigenvalue weighted by molar-refractivity contribution is -0.150. The summed E-state index contributed by atoms with van der Waals surface area (Å²) in [4.78, 5) is 11.8. The van der Waals surface area contributed by atoms with Gasteiger partial charge in [-0.25, -0.2) is 4.79 Å². The molecule has 6 heteroatoms. The van der Waals surface area contributed by atoms with Crippen LogP contribution in [0.1, 0.15) is 36.6 Å². The fraction of sp³-hybridized carbons (Fsp3) is 0.533. The van der Waals surface area contributed by atoms with Crippen LogP contribution in [0.3, 0.4) is 0 Å². The summed E-state index contributed by atoms with van der Waals surface area (Å²) in [5.41, 5.74) is 1.96. The Morgan fingerprint density at radius 2 is 1.81 bits per heavy atom. The van der Waals surface area contributed by atoms with Crippen molar-refractivity contribution in [3.8, 4) is 11.5 Å². The molecule has 1 aromatic rings. The van der Waals surface area contributed by atoms with Crippen LogP contribution < -0.4 is 9.47 Å². The summed E-state index contributed by atoms with van der Waals surface area (Å²) in [6.45, 7) is 3.83. The molecule has 1 aromatic carbocycles. The van der Waals surface area contributed by atoms with E-state index < -0.39 is 12.1 Å². The molecule has 2 heterocycles. The van der Waals surface area contributed by atoms with Crippen molar-refractivity contribution in [2.45, 2.75) is 45.0 Å². The van der Waals surface area contributed by atoms with Crippen LogP contribution in [-0.4, -0.2) is 30.4 Å². The number of fused-ring (bicyclic) bond motifs is 2. The van der Waals surface area contributed by atoms with Gasteiger partial charge in [0.25, 0.3) is 0 Å². The van der Waals surface area contributed by atoms with Gasteiger partial charge in [0.1, 0.15) is 23.7 Å². The Labute approximate surface area is 127 Å². The molecule has 2 aliphatic rings. The second kappa shape index (κ2) is 5.07. The topological polar surface area (TPSA) is 65.0 Å². The second-order valence-corrected chi connectivity index (χ2v) is 5.91. The average molecular weight is 313 g/mol. The minimum absolute atomic E-state index is 0.0546. The molecule has 21 heavy (non-hydrogen) atoms. The van der Waals surface area contributed by atoms with Crippen molar-refractivity contribution in [2.75, 3.05) is 7.11 Å². The Hall–Kier alpha value is -1.46. The van der Waals surface area contributed by atoms with Crippen LogP contribution in [0, 0.1) is 0 Å². The number of carbonyl (C=O) groups is 1. The highest BCUT2D eigenvalue weighted by Crippen LogP contribution is 2.51. The minimum atomic E-state index is -1.39. The first kappa shape index (κ1) is 14.5. The number of hydrogen-bond donors (Lipinski definition) is 1. The summed E-state index contributed by atoms with van der Waals surface area (Å²) in [5, 5.41) is 10.9. The molecule has 0 spiro atoms. The highest BCUT2D eigenvalue weighted by molar-refractivity contribution is 6.33. The van der Waals surface area contributed by atoms with E-state index in [1.54, 1.807) is 0 Å². The zero-order chi connectivity index (χ0) is 15.3. The molecule has 3 unspecified atom stereocenters. The normalized spacial score (nSPS) is 23.9. The molecule has 0 saturated heterocycles. The number of hydrogen-bond acceptors (Lipinski definition) is 5. The molecule has 3 atom stereocenters. The Balaban J connectivity index is 2.21. The lowest BCUT2D eigenvalue weighted by Gasteiger charge is -2.18. The molecule has 0 radical (unpaired) electrons. The van der Waals surface area contributed by atoms with Crippen LogP contribution in [-0.2, 0) is 22.4 Å². The molecule has 0 bridgehead atoms. The maximum absolute atomic E-state index is 11.8. The van der Waals surface area contributed by atoms with Crippen molar-refractivity contribution in [3.63, 3.8) is 0 Å². The van der Waals surface area contributed by atoms with Crippen LogP contribution in [0.25, 0.3) is 0 Å². The van der Waals surface area contributed by atoms with E-state index in [0.717, 1.165) is 11.1 Å². The summed E-state index contributed by atoms with van der Waals surface area (Å²) in [6.07, 6.45) is -0.306. The largest absolute Gasteiger partial charge is 0.490 e. The number of aliphatic hydroxyl groups is 1. The Morgan fingerprint density at radius 1 is 1.24 bits per heavy atom. The number of halogens is 1. The molecule has 0 aliphatic carbocycles. The fourth-order valence-electron chi connectivity index (χ4n) is 3.01. The Bertz CT molecular complexity index is 574. The predicted octanol–water partition coefficient (Wildman–Crippen LogP) is 2.19. The highest BCUT2D eigenvalue weighted by atomic mass is 35.5. The third-order valence-electron chi connectivity index (χ3n) is 3.90. The van der Waals surface area contributed by atoms with Gasteiger partial charge < -0.3 is 19.3 Å². The Kier molecular flexibility index (Phi) is 3.50. The van der Waals surface area contributed by atoms with E-state index in [9.17, 15) is 9.90 Å². The van der Waals surface area contributed by atoms with Gasteiger partial charge in [0.15, 0.2) is 6.10 Å². The van der Waals surface area contributed by atoms with Crippen LogP contribution in [0.4, 0.5) is 0 Å². The molecule has 5 nitrogen and oxygen atoms in total. The molecule has 1 N–H and O–H groups in total. The third kappa shape index (κ3) is 2.15. The Morgan fingerprint density at radius 3 is 2.43 bits per heavy atom. The summed E-state index contributed by atoms with van der Waals surface area (Å²) >= 11 is 6.42. The van der Waals surface area contributed by atoms with Crippen LogP contribution in [0.15, 0.2) is 0 Å². The van der Waals surface area contributed by atoms with E-state index in [0.29, 0.717) is 34.9 Å². The summed E-state index contributed by atoms with van der Waals surface area (Å²) in [5.74, 6) is 0.338. The summed E-state index contributed by atoms with van der Waals surface area (Å²) in [7, 11) is 1.24. The van der Waals surface area contributed by atoms with Gasteiger partial charge in [-0.3, -0.25) is 0 Å². The van der Waals surface area contributed by atoms with E-state index in [1.165, 1.54) is 7.11 Å². The monoisotopic (exact) mass is 312 g/mol. The maximum atomic E-state index is 11.8. The van der Waals surface area contributed by atoms with Gasteiger partial charge in [0.2, 0.25) is 0 Å².